The van der Waals surface area contributed by atoms with E-state index in [9.17, 15) is 4.79 Å². The molecule has 16 heavy (non-hydrogen) atoms. The van der Waals surface area contributed by atoms with Crippen LogP contribution >= 0.6 is 0 Å². The largest absolute Gasteiger partial charge is 0.461 e. The number of carbonyl (C=O) groups is 1. The molecule has 0 aliphatic rings. The standard InChI is InChI=1S/C11H17N3O2/c1-5-16-11(15)10-6(2)9(7(3)13-10)8(4)14-12/h13H,5,12H2,1-4H3/b14-8-. The number of nitrogens with zero attached hydrogens (tertiary/aromatic N) is 1. The van der Waals surface area contributed by atoms with Crippen molar-refractivity contribution in [3.05, 3.63) is 22.5 Å². The lowest BCUT2D eigenvalue weighted by Gasteiger charge is -2.01. The van der Waals surface area contributed by atoms with Crippen molar-refractivity contribution in [1.29, 1.82) is 0 Å². The molecule has 0 aliphatic heterocycles. The summed E-state index contributed by atoms with van der Waals surface area (Å²) in [5.41, 5.74) is 3.74. The molecule has 0 amide bonds. The Labute approximate surface area is 94.7 Å². The first-order valence-corrected chi connectivity index (χ1v) is 5.14. The molecule has 0 aromatic carbocycles. The van der Waals surface area contributed by atoms with Gasteiger partial charge in [0.2, 0.25) is 0 Å². The van der Waals surface area contributed by atoms with Crippen molar-refractivity contribution < 1.29 is 9.53 Å². The van der Waals surface area contributed by atoms with Gasteiger partial charge in [0.1, 0.15) is 5.69 Å². The minimum Gasteiger partial charge on any atom is -0.461 e. The molecule has 5 nitrogen and oxygen atoms in total. The molecule has 1 heterocycles. The number of rotatable bonds is 3. The van der Waals surface area contributed by atoms with Gasteiger partial charge in [-0.25, -0.2) is 4.79 Å². The lowest BCUT2D eigenvalue weighted by atomic mass is 10.1. The molecule has 0 saturated carbocycles. The summed E-state index contributed by atoms with van der Waals surface area (Å²) in [6.07, 6.45) is 0. The quantitative estimate of drug-likeness (QED) is 0.352. The van der Waals surface area contributed by atoms with Gasteiger partial charge in [0.15, 0.2) is 0 Å². The maximum absolute atomic E-state index is 11.6. The van der Waals surface area contributed by atoms with Crippen LogP contribution in [-0.2, 0) is 4.74 Å². The van der Waals surface area contributed by atoms with Crippen LogP contribution in [0.15, 0.2) is 5.10 Å². The Kier molecular flexibility index (Phi) is 3.71. The summed E-state index contributed by atoms with van der Waals surface area (Å²) in [5, 5.41) is 3.64. The molecule has 1 aromatic rings. The summed E-state index contributed by atoms with van der Waals surface area (Å²) in [6.45, 7) is 7.66. The second-order valence-electron chi connectivity index (χ2n) is 3.56. The highest BCUT2D eigenvalue weighted by atomic mass is 16.5. The minimum atomic E-state index is -0.348. The first kappa shape index (κ1) is 12.3. The van der Waals surface area contributed by atoms with Gasteiger partial charge in [0.05, 0.1) is 12.3 Å². The second-order valence-corrected chi connectivity index (χ2v) is 3.56. The maximum atomic E-state index is 11.6. The SMILES string of the molecule is CCOC(=O)c1[nH]c(C)c(/C(C)=N\N)c1C. The number of hydrogen-bond donors (Lipinski definition) is 2. The Morgan fingerprint density at radius 2 is 2.12 bits per heavy atom. The Hall–Kier alpha value is -1.78. The molecule has 3 N–H and O–H groups in total. The fraction of sp³-hybridized carbons (Fsp3) is 0.455. The monoisotopic (exact) mass is 223 g/mol. The highest BCUT2D eigenvalue weighted by Crippen LogP contribution is 2.19. The average molecular weight is 223 g/mol. The van der Waals surface area contributed by atoms with Crippen LogP contribution in [0, 0.1) is 13.8 Å². The number of ether oxygens (including phenoxy) is 1. The summed E-state index contributed by atoms with van der Waals surface area (Å²) in [4.78, 5) is 14.6. The van der Waals surface area contributed by atoms with Crippen LogP contribution in [0.3, 0.4) is 0 Å². The Balaban J connectivity index is 3.21. The zero-order valence-corrected chi connectivity index (χ0v) is 10.0. The van der Waals surface area contributed by atoms with Crippen LogP contribution in [0.1, 0.15) is 41.2 Å². The molecule has 0 fully saturated rings. The lowest BCUT2D eigenvalue weighted by Crippen LogP contribution is -2.07. The lowest BCUT2D eigenvalue weighted by molar-refractivity contribution is 0.0519. The van der Waals surface area contributed by atoms with E-state index in [1.165, 1.54) is 0 Å². The number of aromatic nitrogens is 1. The fourth-order valence-electron chi connectivity index (χ4n) is 1.76. The number of aromatic amines is 1. The molecule has 88 valence electrons. The van der Waals surface area contributed by atoms with Gasteiger partial charge in [-0.2, -0.15) is 5.10 Å². The third-order valence-electron chi connectivity index (χ3n) is 2.47. The van der Waals surface area contributed by atoms with Crippen molar-refractivity contribution in [3.63, 3.8) is 0 Å². The molecular weight excluding hydrogens is 206 g/mol. The van der Waals surface area contributed by atoms with Gasteiger partial charge in [-0.1, -0.05) is 0 Å². The average Bonchev–Trinajstić information content (AvgIpc) is 2.54. The number of aryl methyl sites for hydroxylation is 1. The van der Waals surface area contributed by atoms with Crippen molar-refractivity contribution in [1.82, 2.24) is 4.98 Å². The predicted octanol–water partition coefficient (Wildman–Crippen LogP) is 1.49. The van der Waals surface area contributed by atoms with E-state index in [0.717, 1.165) is 16.8 Å². The van der Waals surface area contributed by atoms with Gasteiger partial charge in [0.25, 0.3) is 0 Å². The molecule has 0 bridgehead atoms. The number of H-pyrrole nitrogens is 1. The van der Waals surface area contributed by atoms with Crippen molar-refractivity contribution >= 4 is 11.7 Å². The van der Waals surface area contributed by atoms with Gasteiger partial charge >= 0.3 is 5.97 Å². The van der Waals surface area contributed by atoms with E-state index in [0.29, 0.717) is 18.0 Å². The van der Waals surface area contributed by atoms with E-state index in [-0.39, 0.29) is 5.97 Å². The van der Waals surface area contributed by atoms with E-state index in [2.05, 4.69) is 10.1 Å². The molecule has 0 aliphatic carbocycles. The third kappa shape index (κ3) is 2.08. The van der Waals surface area contributed by atoms with Crippen molar-refractivity contribution in [3.8, 4) is 0 Å². The summed E-state index contributed by atoms with van der Waals surface area (Å²) in [6, 6.07) is 0. The Morgan fingerprint density at radius 3 is 2.62 bits per heavy atom. The second kappa shape index (κ2) is 4.83. The molecule has 0 atom stereocenters. The number of carbonyl (C=O) groups excluding carboxylic acids is 1. The Morgan fingerprint density at radius 1 is 1.50 bits per heavy atom. The zero-order valence-electron chi connectivity index (χ0n) is 10.0. The van der Waals surface area contributed by atoms with E-state index < -0.39 is 0 Å². The molecule has 1 rings (SSSR count). The van der Waals surface area contributed by atoms with Crippen LogP contribution in [0.5, 0.6) is 0 Å². The fourth-order valence-corrected chi connectivity index (χ4v) is 1.76. The van der Waals surface area contributed by atoms with Crippen molar-refractivity contribution in [2.45, 2.75) is 27.7 Å². The number of esters is 1. The van der Waals surface area contributed by atoms with E-state index in [1.54, 1.807) is 13.8 Å². The van der Waals surface area contributed by atoms with Crippen molar-refractivity contribution in [2.75, 3.05) is 6.61 Å². The minimum absolute atomic E-state index is 0.348. The predicted molar refractivity (Wildman–Crippen MR) is 62.6 cm³/mol. The third-order valence-corrected chi connectivity index (χ3v) is 2.47. The first-order chi connectivity index (χ1) is 7.52. The van der Waals surface area contributed by atoms with Crippen LogP contribution in [0.4, 0.5) is 0 Å². The molecule has 0 radical (unpaired) electrons. The van der Waals surface area contributed by atoms with E-state index >= 15 is 0 Å². The molecule has 0 unspecified atom stereocenters. The number of nitrogens with two attached hydrogens (primary N) is 1. The van der Waals surface area contributed by atoms with Gasteiger partial charge in [-0.15, -0.1) is 0 Å². The van der Waals surface area contributed by atoms with E-state index in [4.69, 9.17) is 10.6 Å². The molecule has 0 saturated heterocycles. The van der Waals surface area contributed by atoms with Crippen molar-refractivity contribution in [2.24, 2.45) is 10.9 Å². The number of hydrogen-bond acceptors (Lipinski definition) is 4. The smallest absolute Gasteiger partial charge is 0.355 e. The molecular formula is C11H17N3O2. The van der Waals surface area contributed by atoms with Gasteiger partial charge in [-0.05, 0) is 33.3 Å². The van der Waals surface area contributed by atoms with Crippen LogP contribution in [-0.4, -0.2) is 23.3 Å². The van der Waals surface area contributed by atoms with E-state index in [1.807, 2.05) is 13.8 Å². The summed E-state index contributed by atoms with van der Waals surface area (Å²) in [7, 11) is 0. The Bertz CT molecular complexity index is 433. The summed E-state index contributed by atoms with van der Waals surface area (Å²) < 4.78 is 4.95. The highest BCUT2D eigenvalue weighted by molar-refractivity contribution is 6.04. The number of nitrogens with one attached hydrogen (secondary N) is 1. The van der Waals surface area contributed by atoms with Gasteiger partial charge < -0.3 is 15.6 Å². The number of hydrazone groups is 1. The topological polar surface area (TPSA) is 80.5 Å². The normalized spacial score (nSPS) is 11.6. The molecule has 0 spiro atoms. The highest BCUT2D eigenvalue weighted by Gasteiger charge is 2.19. The maximum Gasteiger partial charge on any atom is 0.355 e. The first-order valence-electron chi connectivity index (χ1n) is 5.14. The van der Waals surface area contributed by atoms with Crippen LogP contribution < -0.4 is 5.84 Å². The summed E-state index contributed by atoms with van der Waals surface area (Å²) in [5.74, 6) is 4.90. The molecule has 1 aromatic heterocycles. The van der Waals surface area contributed by atoms with Crippen LogP contribution in [0.2, 0.25) is 0 Å². The summed E-state index contributed by atoms with van der Waals surface area (Å²) >= 11 is 0. The van der Waals surface area contributed by atoms with Crippen LogP contribution in [0.25, 0.3) is 0 Å². The van der Waals surface area contributed by atoms with Gasteiger partial charge in [-0.3, -0.25) is 0 Å². The van der Waals surface area contributed by atoms with Gasteiger partial charge in [0, 0.05) is 11.3 Å². The zero-order chi connectivity index (χ0) is 12.3. The molecule has 5 heteroatoms.